The molecule has 0 bridgehead atoms. The van der Waals surface area contributed by atoms with E-state index < -0.39 is 14.9 Å². The van der Waals surface area contributed by atoms with Gasteiger partial charge in [-0.3, -0.25) is 4.18 Å². The molecule has 0 saturated heterocycles. The number of hydrogen-bond donors (Lipinski definition) is 3. The van der Waals surface area contributed by atoms with Gasteiger partial charge in [0.15, 0.2) is 0 Å². The number of unbranched alkanes of at least 4 members (excludes halogenated alkanes) is 12. The lowest BCUT2D eigenvalue weighted by Crippen LogP contribution is -2.41. The summed E-state index contributed by atoms with van der Waals surface area (Å²) in [5.41, 5.74) is 0. The van der Waals surface area contributed by atoms with Crippen LogP contribution in [-0.4, -0.2) is 43.2 Å². The summed E-state index contributed by atoms with van der Waals surface area (Å²) < 4.78 is 29.4. The molecule has 7 heteroatoms. The molecule has 2 unspecified atom stereocenters. The van der Waals surface area contributed by atoms with Crippen molar-refractivity contribution in [2.45, 2.75) is 123 Å². The summed E-state index contributed by atoms with van der Waals surface area (Å²) in [5, 5.41) is 15.1. The van der Waals surface area contributed by atoms with E-state index in [4.69, 9.17) is 14.4 Å². The highest BCUT2D eigenvalue weighted by Gasteiger charge is 2.42. The standard InChI is InChI=1S/C23H42O3S.2C2H6O.H3N/c1-4-5-6-7-8-9-10-11-12-13-14-15-18-21-26-27(24,25)23(3)20-17-16-19-22(23)2;2*1-2-3;/h16-17,19-20,22H,4-15,18,21H2,1-3H3;2*3H,2H2,1H3;1H3. The third-order valence-corrected chi connectivity index (χ3v) is 7.93. The van der Waals surface area contributed by atoms with Gasteiger partial charge in [-0.15, -0.1) is 0 Å². The smallest absolute Gasteiger partial charge is 0.277 e. The Hall–Kier alpha value is -0.730. The van der Waals surface area contributed by atoms with E-state index >= 15 is 0 Å². The zero-order chi connectivity index (χ0) is 25.4. The molecule has 5 N–H and O–H groups in total. The maximum Gasteiger partial charge on any atom is 0.277 e. The number of aliphatic hydroxyl groups is 2. The van der Waals surface area contributed by atoms with E-state index in [9.17, 15) is 8.42 Å². The topological polar surface area (TPSA) is 119 Å². The Morgan fingerprint density at radius 1 is 0.765 bits per heavy atom. The summed E-state index contributed by atoms with van der Waals surface area (Å²) in [4.78, 5) is 0. The Bertz CT molecular complexity index is 576. The minimum Gasteiger partial charge on any atom is -0.397 e. The highest BCUT2D eigenvalue weighted by molar-refractivity contribution is 7.88. The van der Waals surface area contributed by atoms with Crippen LogP contribution in [0, 0.1) is 5.92 Å². The quantitative estimate of drug-likeness (QED) is 0.151. The minimum absolute atomic E-state index is 0. The summed E-state index contributed by atoms with van der Waals surface area (Å²) in [6.07, 6.45) is 24.0. The molecule has 0 aromatic rings. The molecular weight excluding hydrogens is 450 g/mol. The largest absolute Gasteiger partial charge is 0.397 e. The lowest BCUT2D eigenvalue weighted by molar-refractivity contribution is 0.288. The molecule has 0 aromatic carbocycles. The Balaban J connectivity index is -0.00000124. The molecule has 0 amide bonds. The Labute approximate surface area is 212 Å². The second kappa shape index (κ2) is 25.4. The second-order valence-electron chi connectivity index (χ2n) is 8.87. The van der Waals surface area contributed by atoms with E-state index in [2.05, 4.69) is 6.92 Å². The van der Waals surface area contributed by atoms with Gasteiger partial charge >= 0.3 is 0 Å². The van der Waals surface area contributed by atoms with Gasteiger partial charge in [0.2, 0.25) is 0 Å². The van der Waals surface area contributed by atoms with Crippen LogP contribution >= 0.6 is 0 Å². The molecular formula is C27H57NO5S. The average Bonchev–Trinajstić information content (AvgIpc) is 2.77. The van der Waals surface area contributed by atoms with Crippen LogP contribution in [0.25, 0.3) is 0 Å². The molecule has 34 heavy (non-hydrogen) atoms. The molecule has 0 fully saturated rings. The van der Waals surface area contributed by atoms with Crippen molar-refractivity contribution in [3.63, 3.8) is 0 Å². The molecule has 1 rings (SSSR count). The fourth-order valence-electron chi connectivity index (χ4n) is 3.55. The van der Waals surface area contributed by atoms with E-state index in [0.717, 1.165) is 12.8 Å². The summed E-state index contributed by atoms with van der Waals surface area (Å²) in [7, 11) is -3.59. The van der Waals surface area contributed by atoms with Crippen LogP contribution in [0.15, 0.2) is 24.3 Å². The molecule has 6 nitrogen and oxygen atoms in total. The lowest BCUT2D eigenvalue weighted by atomic mass is 9.91. The van der Waals surface area contributed by atoms with Crippen LogP contribution in [0.2, 0.25) is 0 Å². The van der Waals surface area contributed by atoms with Crippen molar-refractivity contribution in [3.8, 4) is 0 Å². The number of hydrogen-bond acceptors (Lipinski definition) is 6. The van der Waals surface area contributed by atoms with Crippen LogP contribution < -0.4 is 6.15 Å². The first-order valence-electron chi connectivity index (χ1n) is 13.2. The zero-order valence-corrected chi connectivity index (χ0v) is 23.8. The van der Waals surface area contributed by atoms with E-state index in [1.807, 2.05) is 19.1 Å². The first kappa shape index (κ1) is 37.8. The third-order valence-electron chi connectivity index (χ3n) is 5.87. The fraction of sp³-hybridized carbons (Fsp3) is 0.852. The van der Waals surface area contributed by atoms with Crippen LogP contribution in [0.3, 0.4) is 0 Å². The molecule has 2 atom stereocenters. The van der Waals surface area contributed by atoms with Crippen molar-refractivity contribution < 1.29 is 22.8 Å². The van der Waals surface area contributed by atoms with Gasteiger partial charge in [-0.2, -0.15) is 8.42 Å². The molecule has 1 aliphatic rings. The first-order chi connectivity index (χ1) is 15.8. The zero-order valence-electron chi connectivity index (χ0n) is 22.9. The van der Waals surface area contributed by atoms with Gasteiger partial charge in [0.25, 0.3) is 10.1 Å². The van der Waals surface area contributed by atoms with Gasteiger partial charge in [-0.1, -0.05) is 115 Å². The van der Waals surface area contributed by atoms with E-state index in [1.54, 1.807) is 32.9 Å². The lowest BCUT2D eigenvalue weighted by Gasteiger charge is -2.31. The molecule has 0 saturated carbocycles. The maximum atomic E-state index is 12.5. The molecule has 0 radical (unpaired) electrons. The molecule has 0 aromatic heterocycles. The summed E-state index contributed by atoms with van der Waals surface area (Å²) >= 11 is 0. The van der Waals surface area contributed by atoms with Crippen LogP contribution in [0.1, 0.15) is 118 Å². The predicted molar refractivity (Wildman–Crippen MR) is 147 cm³/mol. The van der Waals surface area contributed by atoms with Crippen molar-refractivity contribution in [1.82, 2.24) is 6.15 Å². The molecule has 206 valence electrons. The van der Waals surface area contributed by atoms with Crippen molar-refractivity contribution in [2.24, 2.45) is 5.92 Å². The maximum absolute atomic E-state index is 12.5. The SMILES string of the molecule is CCCCCCCCCCCCCCCOS(=O)(=O)C1(C)C=CC=CC1C.CCO.CCO.N. The number of allylic oxidation sites excluding steroid dienone is 3. The highest BCUT2D eigenvalue weighted by Crippen LogP contribution is 2.33. The van der Waals surface area contributed by atoms with Gasteiger partial charge in [0, 0.05) is 13.2 Å². The summed E-state index contributed by atoms with van der Waals surface area (Å²) in [6.45, 7) is 10.1. The van der Waals surface area contributed by atoms with E-state index in [0.29, 0.717) is 6.61 Å². The van der Waals surface area contributed by atoms with Crippen molar-refractivity contribution in [1.29, 1.82) is 0 Å². The van der Waals surface area contributed by atoms with Crippen molar-refractivity contribution >= 4 is 10.1 Å². The number of rotatable bonds is 16. The van der Waals surface area contributed by atoms with Gasteiger partial charge in [0.05, 0.1) is 6.61 Å². The highest BCUT2D eigenvalue weighted by atomic mass is 32.2. The van der Waals surface area contributed by atoms with E-state index in [-0.39, 0.29) is 25.3 Å². The Morgan fingerprint density at radius 3 is 1.53 bits per heavy atom. The fourth-order valence-corrected chi connectivity index (χ4v) is 4.92. The predicted octanol–water partition coefficient (Wildman–Crippen LogP) is 7.10. The Kier molecular flexibility index (Phi) is 28.2. The van der Waals surface area contributed by atoms with Gasteiger partial charge in [0.1, 0.15) is 4.75 Å². The first-order valence-corrected chi connectivity index (χ1v) is 14.6. The average molecular weight is 508 g/mol. The van der Waals surface area contributed by atoms with Crippen LogP contribution in [0.5, 0.6) is 0 Å². The molecule has 0 aliphatic heterocycles. The number of aliphatic hydroxyl groups excluding tert-OH is 2. The summed E-state index contributed by atoms with van der Waals surface area (Å²) in [6, 6.07) is 0. The summed E-state index contributed by atoms with van der Waals surface area (Å²) in [5.74, 6) is -0.0702. The molecule has 0 heterocycles. The monoisotopic (exact) mass is 507 g/mol. The normalized spacial score (nSPS) is 18.9. The van der Waals surface area contributed by atoms with Crippen molar-refractivity contribution in [3.05, 3.63) is 24.3 Å². The van der Waals surface area contributed by atoms with Crippen LogP contribution in [0.4, 0.5) is 0 Å². The van der Waals surface area contributed by atoms with Crippen LogP contribution in [-0.2, 0) is 14.3 Å². The molecule has 1 aliphatic carbocycles. The van der Waals surface area contributed by atoms with E-state index in [1.165, 1.54) is 70.6 Å². The third kappa shape index (κ3) is 18.6. The Morgan fingerprint density at radius 2 is 1.15 bits per heavy atom. The van der Waals surface area contributed by atoms with Gasteiger partial charge in [-0.05, 0) is 33.1 Å². The van der Waals surface area contributed by atoms with Crippen molar-refractivity contribution in [2.75, 3.05) is 19.8 Å². The second-order valence-corrected chi connectivity index (χ2v) is 10.9. The molecule has 0 spiro atoms. The van der Waals surface area contributed by atoms with Gasteiger partial charge in [-0.25, -0.2) is 0 Å². The van der Waals surface area contributed by atoms with Gasteiger partial charge < -0.3 is 16.4 Å². The minimum atomic E-state index is -3.59.